The van der Waals surface area contributed by atoms with Gasteiger partial charge < -0.3 is 5.32 Å². The molecule has 1 atom stereocenters. The average molecular weight is 267 g/mol. The second kappa shape index (κ2) is 9.57. The van der Waals surface area contributed by atoms with Gasteiger partial charge in [-0.2, -0.15) is 11.3 Å². The minimum absolute atomic E-state index is 0.666. The van der Waals surface area contributed by atoms with Crippen LogP contribution in [0, 0.1) is 5.92 Å². The molecular formula is C16H29NS. The number of nitrogens with one attached hydrogen (secondary N) is 1. The molecule has 0 aliphatic carbocycles. The minimum Gasteiger partial charge on any atom is -0.313 e. The van der Waals surface area contributed by atoms with E-state index in [4.69, 9.17) is 0 Å². The number of thiophene rings is 1. The summed E-state index contributed by atoms with van der Waals surface area (Å²) in [5, 5.41) is 8.28. The van der Waals surface area contributed by atoms with Gasteiger partial charge >= 0.3 is 0 Å². The lowest BCUT2D eigenvalue weighted by Crippen LogP contribution is -2.38. The van der Waals surface area contributed by atoms with Crippen LogP contribution in [0.4, 0.5) is 0 Å². The van der Waals surface area contributed by atoms with E-state index in [0.717, 1.165) is 12.5 Å². The summed E-state index contributed by atoms with van der Waals surface area (Å²) in [6.07, 6.45) is 7.76. The first kappa shape index (κ1) is 15.7. The van der Waals surface area contributed by atoms with Crippen molar-refractivity contribution in [1.29, 1.82) is 0 Å². The van der Waals surface area contributed by atoms with E-state index < -0.39 is 0 Å². The maximum Gasteiger partial charge on any atom is 0.0136 e. The molecule has 1 nitrogen and oxygen atoms in total. The first-order chi connectivity index (χ1) is 8.81. The van der Waals surface area contributed by atoms with E-state index in [0.29, 0.717) is 6.04 Å². The van der Waals surface area contributed by atoms with Crippen LogP contribution in [0.3, 0.4) is 0 Å². The van der Waals surface area contributed by atoms with Crippen molar-refractivity contribution >= 4 is 11.3 Å². The van der Waals surface area contributed by atoms with Crippen molar-refractivity contribution in [1.82, 2.24) is 5.32 Å². The Hall–Kier alpha value is -0.340. The number of hydrogen-bond donors (Lipinski definition) is 1. The van der Waals surface area contributed by atoms with E-state index in [2.05, 4.69) is 42.9 Å². The van der Waals surface area contributed by atoms with Crippen molar-refractivity contribution in [2.75, 3.05) is 6.54 Å². The highest BCUT2D eigenvalue weighted by atomic mass is 32.1. The molecule has 0 saturated carbocycles. The highest BCUT2D eigenvalue weighted by Crippen LogP contribution is 2.22. The molecular weight excluding hydrogens is 238 g/mol. The lowest BCUT2D eigenvalue weighted by Gasteiger charge is -2.28. The fourth-order valence-corrected chi connectivity index (χ4v) is 3.37. The van der Waals surface area contributed by atoms with E-state index in [1.54, 1.807) is 0 Å². The van der Waals surface area contributed by atoms with Gasteiger partial charge in [-0.15, -0.1) is 0 Å². The molecule has 1 unspecified atom stereocenters. The van der Waals surface area contributed by atoms with Crippen LogP contribution >= 0.6 is 11.3 Å². The van der Waals surface area contributed by atoms with Crippen LogP contribution in [-0.4, -0.2) is 12.6 Å². The van der Waals surface area contributed by atoms with E-state index in [1.807, 2.05) is 11.3 Å². The van der Waals surface area contributed by atoms with Crippen LogP contribution in [0.1, 0.15) is 58.4 Å². The van der Waals surface area contributed by atoms with Crippen molar-refractivity contribution < 1.29 is 0 Å². The molecule has 1 aromatic rings. The van der Waals surface area contributed by atoms with Crippen molar-refractivity contribution in [3.8, 4) is 0 Å². The zero-order valence-corrected chi connectivity index (χ0v) is 13.1. The van der Waals surface area contributed by atoms with Crippen molar-refractivity contribution in [2.24, 2.45) is 5.92 Å². The standard InChI is InChI=1S/C16H29NS/c1-4-7-15(8-5-2)16(17-10-6-3)12-14-9-11-18-13-14/h9,11,13,15-17H,4-8,10,12H2,1-3H3. The lowest BCUT2D eigenvalue weighted by molar-refractivity contribution is 0.309. The number of rotatable bonds is 10. The van der Waals surface area contributed by atoms with Gasteiger partial charge in [0.1, 0.15) is 0 Å². The summed E-state index contributed by atoms with van der Waals surface area (Å²) in [5.74, 6) is 0.839. The zero-order valence-electron chi connectivity index (χ0n) is 12.2. The molecule has 0 aliphatic heterocycles. The van der Waals surface area contributed by atoms with E-state index in [1.165, 1.54) is 44.1 Å². The van der Waals surface area contributed by atoms with Gasteiger partial charge in [0.15, 0.2) is 0 Å². The summed E-state index contributed by atoms with van der Waals surface area (Å²) >= 11 is 1.82. The largest absolute Gasteiger partial charge is 0.313 e. The summed E-state index contributed by atoms with van der Waals surface area (Å²) in [5.41, 5.74) is 1.51. The molecule has 104 valence electrons. The summed E-state index contributed by atoms with van der Waals surface area (Å²) in [6.45, 7) is 8.02. The Morgan fingerprint density at radius 1 is 1.11 bits per heavy atom. The van der Waals surface area contributed by atoms with Crippen LogP contribution in [0.5, 0.6) is 0 Å². The Bertz CT molecular complexity index is 275. The number of hydrogen-bond acceptors (Lipinski definition) is 2. The zero-order chi connectivity index (χ0) is 13.2. The Labute approximate surface area is 117 Å². The molecule has 0 spiro atoms. The fraction of sp³-hybridized carbons (Fsp3) is 0.750. The van der Waals surface area contributed by atoms with Crippen LogP contribution in [0.2, 0.25) is 0 Å². The van der Waals surface area contributed by atoms with Gasteiger partial charge in [0.2, 0.25) is 0 Å². The van der Waals surface area contributed by atoms with E-state index in [9.17, 15) is 0 Å². The van der Waals surface area contributed by atoms with Crippen molar-refractivity contribution in [2.45, 2.75) is 65.3 Å². The first-order valence-corrected chi connectivity index (χ1v) is 8.50. The highest BCUT2D eigenvalue weighted by molar-refractivity contribution is 7.07. The summed E-state index contributed by atoms with van der Waals surface area (Å²) in [6, 6.07) is 2.94. The van der Waals surface area contributed by atoms with Gasteiger partial charge in [0.05, 0.1) is 0 Å². The molecule has 1 N–H and O–H groups in total. The molecule has 0 radical (unpaired) electrons. The first-order valence-electron chi connectivity index (χ1n) is 7.56. The molecule has 0 saturated heterocycles. The third-order valence-corrected chi connectivity index (χ3v) is 4.31. The molecule has 0 aliphatic rings. The van der Waals surface area contributed by atoms with Crippen LogP contribution < -0.4 is 5.32 Å². The average Bonchev–Trinajstić information content (AvgIpc) is 2.87. The Kier molecular flexibility index (Phi) is 8.36. The molecule has 0 fully saturated rings. The fourth-order valence-electron chi connectivity index (χ4n) is 2.69. The van der Waals surface area contributed by atoms with Gasteiger partial charge in [-0.05, 0) is 60.5 Å². The third-order valence-electron chi connectivity index (χ3n) is 3.58. The molecule has 2 heteroatoms. The van der Waals surface area contributed by atoms with Gasteiger partial charge in [-0.1, -0.05) is 33.6 Å². The van der Waals surface area contributed by atoms with Gasteiger partial charge in [0.25, 0.3) is 0 Å². The Balaban J connectivity index is 2.61. The topological polar surface area (TPSA) is 12.0 Å². The van der Waals surface area contributed by atoms with Crippen molar-refractivity contribution in [3.05, 3.63) is 22.4 Å². The monoisotopic (exact) mass is 267 g/mol. The van der Waals surface area contributed by atoms with E-state index in [-0.39, 0.29) is 0 Å². The molecule has 0 amide bonds. The summed E-state index contributed by atoms with van der Waals surface area (Å²) < 4.78 is 0. The van der Waals surface area contributed by atoms with Gasteiger partial charge in [-0.3, -0.25) is 0 Å². The maximum atomic E-state index is 3.78. The molecule has 0 bridgehead atoms. The van der Waals surface area contributed by atoms with Gasteiger partial charge in [0, 0.05) is 6.04 Å². The third kappa shape index (κ3) is 5.53. The smallest absolute Gasteiger partial charge is 0.0136 e. The van der Waals surface area contributed by atoms with Crippen molar-refractivity contribution in [3.63, 3.8) is 0 Å². The maximum absolute atomic E-state index is 3.78. The van der Waals surface area contributed by atoms with Gasteiger partial charge in [-0.25, -0.2) is 0 Å². The molecule has 0 aromatic carbocycles. The quantitative estimate of drug-likeness (QED) is 0.637. The van der Waals surface area contributed by atoms with Crippen LogP contribution in [0.25, 0.3) is 0 Å². The predicted octanol–water partition coefficient (Wildman–Crippen LogP) is 4.88. The Morgan fingerprint density at radius 2 is 1.83 bits per heavy atom. The summed E-state index contributed by atoms with van der Waals surface area (Å²) in [7, 11) is 0. The summed E-state index contributed by atoms with van der Waals surface area (Å²) in [4.78, 5) is 0. The highest BCUT2D eigenvalue weighted by Gasteiger charge is 2.19. The second-order valence-corrected chi connectivity index (χ2v) is 6.01. The lowest BCUT2D eigenvalue weighted by atomic mass is 9.87. The van der Waals surface area contributed by atoms with Crippen LogP contribution in [0.15, 0.2) is 16.8 Å². The normalized spacial score (nSPS) is 13.1. The van der Waals surface area contributed by atoms with E-state index >= 15 is 0 Å². The predicted molar refractivity (Wildman–Crippen MR) is 83.4 cm³/mol. The SMILES string of the molecule is CCCNC(Cc1ccsc1)C(CCC)CCC. The van der Waals surface area contributed by atoms with Crippen LogP contribution in [-0.2, 0) is 6.42 Å². The minimum atomic E-state index is 0.666. The Morgan fingerprint density at radius 3 is 2.33 bits per heavy atom. The molecule has 18 heavy (non-hydrogen) atoms. The molecule has 1 aromatic heterocycles. The second-order valence-electron chi connectivity index (χ2n) is 5.23. The molecule has 1 rings (SSSR count). The molecule has 1 heterocycles.